The van der Waals surface area contributed by atoms with Crippen LogP contribution in [0.25, 0.3) is 0 Å². The molecule has 142 valence electrons. The van der Waals surface area contributed by atoms with Crippen molar-refractivity contribution in [1.29, 1.82) is 0 Å². The zero-order chi connectivity index (χ0) is 19.1. The van der Waals surface area contributed by atoms with Crippen LogP contribution in [0, 0.1) is 17.0 Å². The molecule has 1 aromatic rings. The topological polar surface area (TPSA) is 70.1 Å². The quantitative estimate of drug-likeness (QED) is 0.884. The van der Waals surface area contributed by atoms with E-state index >= 15 is 0 Å². The van der Waals surface area contributed by atoms with Crippen LogP contribution in [0.15, 0.2) is 12.1 Å². The number of rotatable bonds is 3. The lowest BCUT2D eigenvalue weighted by molar-refractivity contribution is -0.141. The Kier molecular flexibility index (Phi) is 4.88. The van der Waals surface area contributed by atoms with Gasteiger partial charge in [-0.15, -0.1) is 0 Å². The van der Waals surface area contributed by atoms with Gasteiger partial charge in [-0.1, -0.05) is 0 Å². The number of methoxy groups -OCH3 is 1. The van der Waals surface area contributed by atoms with Crippen molar-refractivity contribution in [3.63, 3.8) is 0 Å². The van der Waals surface area contributed by atoms with Crippen molar-refractivity contribution in [2.45, 2.75) is 25.3 Å². The zero-order valence-corrected chi connectivity index (χ0v) is 14.8. The number of amides is 1. The van der Waals surface area contributed by atoms with E-state index in [0.29, 0.717) is 38.9 Å². The molecule has 1 atom stereocenters. The first-order valence-electron chi connectivity index (χ1n) is 8.52. The van der Waals surface area contributed by atoms with Gasteiger partial charge in [-0.2, -0.15) is 0 Å². The van der Waals surface area contributed by atoms with Crippen molar-refractivity contribution in [1.82, 2.24) is 9.80 Å². The SMILES string of the molecule is COc1c(F)ccc(C(=O)N2CCC3(CC2)C[C@@H](C(=O)O)N(C)C3)c1F. The number of hydrogen-bond donors (Lipinski definition) is 1. The number of benzene rings is 1. The lowest BCUT2D eigenvalue weighted by Gasteiger charge is -2.39. The number of ether oxygens (including phenoxy) is 1. The second kappa shape index (κ2) is 6.83. The molecular formula is C18H22F2N2O4. The molecule has 2 fully saturated rings. The Morgan fingerprint density at radius 3 is 2.46 bits per heavy atom. The van der Waals surface area contributed by atoms with E-state index in [0.717, 1.165) is 19.2 Å². The maximum Gasteiger partial charge on any atom is 0.320 e. The summed E-state index contributed by atoms with van der Waals surface area (Å²) in [6.07, 6.45) is 1.87. The number of aliphatic carboxylic acids is 1. The van der Waals surface area contributed by atoms with Gasteiger partial charge in [-0.3, -0.25) is 14.5 Å². The number of hydrogen-bond acceptors (Lipinski definition) is 4. The highest BCUT2D eigenvalue weighted by atomic mass is 19.1. The van der Waals surface area contributed by atoms with Crippen molar-refractivity contribution in [2.75, 3.05) is 33.8 Å². The summed E-state index contributed by atoms with van der Waals surface area (Å²) >= 11 is 0. The van der Waals surface area contributed by atoms with Gasteiger partial charge in [0, 0.05) is 19.6 Å². The Hall–Kier alpha value is -2.22. The number of carboxylic acids is 1. The van der Waals surface area contributed by atoms with Crippen molar-refractivity contribution in [2.24, 2.45) is 5.41 Å². The molecule has 6 nitrogen and oxygen atoms in total. The fourth-order valence-electron chi connectivity index (χ4n) is 4.15. The average Bonchev–Trinajstić information content (AvgIpc) is 2.92. The van der Waals surface area contributed by atoms with Crippen LogP contribution in [-0.2, 0) is 4.79 Å². The molecule has 0 aliphatic carbocycles. The van der Waals surface area contributed by atoms with Gasteiger partial charge < -0.3 is 14.7 Å². The van der Waals surface area contributed by atoms with Crippen LogP contribution in [0.1, 0.15) is 29.6 Å². The Balaban J connectivity index is 1.71. The van der Waals surface area contributed by atoms with Gasteiger partial charge in [-0.25, -0.2) is 8.78 Å². The second-order valence-electron chi connectivity index (χ2n) is 7.21. The summed E-state index contributed by atoms with van der Waals surface area (Å²) < 4.78 is 32.6. The number of piperidine rings is 1. The zero-order valence-electron chi connectivity index (χ0n) is 14.8. The van der Waals surface area contributed by atoms with E-state index in [4.69, 9.17) is 4.74 Å². The van der Waals surface area contributed by atoms with E-state index < -0.39 is 35.3 Å². The first-order chi connectivity index (χ1) is 12.3. The molecule has 2 saturated heterocycles. The van der Waals surface area contributed by atoms with Gasteiger partial charge in [0.2, 0.25) is 0 Å². The molecule has 1 spiro atoms. The van der Waals surface area contributed by atoms with E-state index in [1.165, 1.54) is 4.90 Å². The third-order valence-corrected chi connectivity index (χ3v) is 5.62. The maximum absolute atomic E-state index is 14.3. The van der Waals surface area contributed by atoms with E-state index in [9.17, 15) is 23.5 Å². The first kappa shape index (κ1) is 18.6. The molecule has 1 N–H and O–H groups in total. The van der Waals surface area contributed by atoms with E-state index in [1.807, 2.05) is 4.90 Å². The summed E-state index contributed by atoms with van der Waals surface area (Å²) in [6, 6.07) is 1.64. The van der Waals surface area contributed by atoms with Crippen LogP contribution < -0.4 is 4.74 Å². The maximum atomic E-state index is 14.3. The number of nitrogens with zero attached hydrogens (tertiary/aromatic N) is 2. The molecule has 0 bridgehead atoms. The summed E-state index contributed by atoms with van der Waals surface area (Å²) in [6.45, 7) is 1.50. The molecule has 1 amide bonds. The fraction of sp³-hybridized carbons (Fsp3) is 0.556. The average molecular weight is 368 g/mol. The molecule has 2 aliphatic heterocycles. The summed E-state index contributed by atoms with van der Waals surface area (Å²) in [7, 11) is 2.95. The van der Waals surface area contributed by atoms with Crippen LogP contribution in [0.3, 0.4) is 0 Å². The van der Waals surface area contributed by atoms with Crippen LogP contribution in [0.4, 0.5) is 8.78 Å². The third kappa shape index (κ3) is 3.13. The molecule has 2 heterocycles. The fourth-order valence-corrected chi connectivity index (χ4v) is 4.15. The van der Waals surface area contributed by atoms with Crippen LogP contribution in [0.5, 0.6) is 5.75 Å². The smallest absolute Gasteiger partial charge is 0.320 e. The summed E-state index contributed by atoms with van der Waals surface area (Å²) in [5.74, 6) is -3.75. The second-order valence-corrected chi connectivity index (χ2v) is 7.21. The molecule has 3 rings (SSSR count). The molecule has 2 aliphatic rings. The Bertz CT molecular complexity index is 732. The molecule has 26 heavy (non-hydrogen) atoms. The minimum Gasteiger partial charge on any atom is -0.491 e. The number of likely N-dealkylation sites (tertiary alicyclic amines) is 2. The number of carboxylic acid groups (broad SMARTS) is 1. The number of likely N-dealkylation sites (N-methyl/N-ethyl adjacent to an activating group) is 1. The van der Waals surface area contributed by atoms with Crippen molar-refractivity contribution >= 4 is 11.9 Å². The predicted molar refractivity (Wildman–Crippen MR) is 89.2 cm³/mol. The highest BCUT2D eigenvalue weighted by Gasteiger charge is 2.47. The van der Waals surface area contributed by atoms with Gasteiger partial charge >= 0.3 is 5.97 Å². The molecule has 8 heteroatoms. The number of carbonyl (C=O) groups excluding carboxylic acids is 1. The van der Waals surface area contributed by atoms with Crippen LogP contribution in [0.2, 0.25) is 0 Å². The van der Waals surface area contributed by atoms with Gasteiger partial charge in [0.1, 0.15) is 6.04 Å². The van der Waals surface area contributed by atoms with Gasteiger partial charge in [0.25, 0.3) is 5.91 Å². The van der Waals surface area contributed by atoms with Gasteiger partial charge in [0.15, 0.2) is 17.4 Å². The van der Waals surface area contributed by atoms with E-state index in [-0.39, 0.29) is 11.0 Å². The summed E-state index contributed by atoms with van der Waals surface area (Å²) in [4.78, 5) is 27.3. The van der Waals surface area contributed by atoms with Crippen molar-refractivity contribution in [3.05, 3.63) is 29.3 Å². The van der Waals surface area contributed by atoms with Crippen molar-refractivity contribution < 1.29 is 28.2 Å². The lowest BCUT2D eigenvalue weighted by Crippen LogP contribution is -2.44. The van der Waals surface area contributed by atoms with Crippen LogP contribution in [-0.4, -0.2) is 66.6 Å². The third-order valence-electron chi connectivity index (χ3n) is 5.62. The highest BCUT2D eigenvalue weighted by Crippen LogP contribution is 2.43. The van der Waals surface area contributed by atoms with E-state index in [1.54, 1.807) is 7.05 Å². The Morgan fingerprint density at radius 1 is 1.27 bits per heavy atom. The Labute approximate surface area is 150 Å². The minimum absolute atomic E-state index is 0.131. The summed E-state index contributed by atoms with van der Waals surface area (Å²) in [5, 5.41) is 9.30. The molecule has 0 unspecified atom stereocenters. The van der Waals surface area contributed by atoms with Gasteiger partial charge in [-0.05, 0) is 43.9 Å². The standard InChI is InChI=1S/C18H22F2N2O4/c1-21-10-18(9-13(21)17(24)25)5-7-22(8-6-18)16(23)11-3-4-12(19)15(26-2)14(11)20/h3-4,13H,5-10H2,1-2H3,(H,24,25)/t13-/m0/s1. The molecule has 0 aromatic heterocycles. The van der Waals surface area contributed by atoms with Gasteiger partial charge in [0.05, 0.1) is 12.7 Å². The highest BCUT2D eigenvalue weighted by molar-refractivity contribution is 5.95. The molecule has 0 radical (unpaired) electrons. The molecular weight excluding hydrogens is 346 g/mol. The van der Waals surface area contributed by atoms with Crippen LogP contribution >= 0.6 is 0 Å². The number of halogens is 2. The normalized spacial score (nSPS) is 22.6. The largest absolute Gasteiger partial charge is 0.491 e. The number of carbonyl (C=O) groups is 2. The Morgan fingerprint density at radius 2 is 1.92 bits per heavy atom. The molecule has 0 saturated carbocycles. The monoisotopic (exact) mass is 368 g/mol. The first-order valence-corrected chi connectivity index (χ1v) is 8.52. The van der Waals surface area contributed by atoms with Crippen molar-refractivity contribution in [3.8, 4) is 5.75 Å². The minimum atomic E-state index is -0.996. The molecule has 1 aromatic carbocycles. The van der Waals surface area contributed by atoms with E-state index in [2.05, 4.69) is 0 Å². The lowest BCUT2D eigenvalue weighted by atomic mass is 9.76. The summed E-state index contributed by atoms with van der Waals surface area (Å²) in [5.41, 5.74) is -0.348. The predicted octanol–water partition coefficient (Wildman–Crippen LogP) is 1.98.